The van der Waals surface area contributed by atoms with Crippen LogP contribution >= 0.6 is 0 Å². The van der Waals surface area contributed by atoms with Gasteiger partial charge in [0.15, 0.2) is 5.75 Å². The Morgan fingerprint density at radius 2 is 2.04 bits per heavy atom. The number of rotatable bonds is 4. The summed E-state index contributed by atoms with van der Waals surface area (Å²) >= 11 is 0. The Kier molecular flexibility index (Phi) is 4.12. The molecule has 0 atom stereocenters. The minimum atomic E-state index is -2.47. The molecule has 3 rings (SSSR count). The molecule has 0 fully saturated rings. The molecule has 1 aliphatic heterocycles. The molecule has 2 heterocycles. The Labute approximate surface area is 131 Å². The summed E-state index contributed by atoms with van der Waals surface area (Å²) in [6.07, 6.45) is -1.32. The average molecular weight is 321 g/mol. The molecular formula is C16H17F2N3O2. The number of nitrogens with zero attached hydrogens (tertiary/aromatic N) is 3. The van der Waals surface area contributed by atoms with Crippen LogP contribution in [0.3, 0.4) is 0 Å². The summed E-state index contributed by atoms with van der Waals surface area (Å²) in [5, 5.41) is 9.46. The minimum absolute atomic E-state index is 0.0267. The van der Waals surface area contributed by atoms with Crippen LogP contribution in [0.2, 0.25) is 0 Å². The van der Waals surface area contributed by atoms with Crippen LogP contribution in [0.1, 0.15) is 35.9 Å². The van der Waals surface area contributed by atoms with Crippen LogP contribution in [-0.2, 0) is 26.2 Å². The molecule has 1 N–H and O–H groups in total. The van der Waals surface area contributed by atoms with Crippen LogP contribution in [-0.4, -0.2) is 19.6 Å². The molecule has 2 aromatic rings. The van der Waals surface area contributed by atoms with E-state index >= 15 is 0 Å². The quantitative estimate of drug-likeness (QED) is 0.939. The molecule has 0 bridgehead atoms. The molecule has 23 heavy (non-hydrogen) atoms. The Morgan fingerprint density at radius 3 is 2.74 bits per heavy atom. The third-order valence-electron chi connectivity index (χ3n) is 4.06. The first-order chi connectivity index (χ1) is 11.0. The van der Waals surface area contributed by atoms with Gasteiger partial charge < -0.3 is 5.11 Å². The molecule has 1 aromatic heterocycles. The number of aromatic nitrogens is 2. The Morgan fingerprint density at radius 1 is 1.30 bits per heavy atom. The van der Waals surface area contributed by atoms with Crippen molar-refractivity contribution in [3.8, 4) is 5.75 Å². The van der Waals surface area contributed by atoms with Crippen molar-refractivity contribution in [3.63, 3.8) is 0 Å². The maximum atomic E-state index is 12.8. The number of alkyl halides is 2. The monoisotopic (exact) mass is 321 g/mol. The van der Waals surface area contributed by atoms with Gasteiger partial charge in [-0.3, -0.25) is 14.3 Å². The molecule has 5 nitrogen and oxygen atoms in total. The van der Waals surface area contributed by atoms with E-state index in [9.17, 15) is 18.7 Å². The van der Waals surface area contributed by atoms with Crippen molar-refractivity contribution in [1.82, 2.24) is 14.5 Å². The highest BCUT2D eigenvalue weighted by Crippen LogP contribution is 2.28. The number of benzene rings is 1. The maximum absolute atomic E-state index is 12.8. The molecule has 7 heteroatoms. The summed E-state index contributed by atoms with van der Waals surface area (Å²) in [6.45, 7) is 3.79. The highest BCUT2D eigenvalue weighted by atomic mass is 19.3. The van der Waals surface area contributed by atoms with E-state index in [4.69, 9.17) is 0 Å². The molecule has 0 spiro atoms. The van der Waals surface area contributed by atoms with Crippen LogP contribution in [0.15, 0.2) is 29.2 Å². The van der Waals surface area contributed by atoms with Crippen molar-refractivity contribution in [1.29, 1.82) is 0 Å². The summed E-state index contributed by atoms with van der Waals surface area (Å²) < 4.78 is 27.0. The highest BCUT2D eigenvalue weighted by Gasteiger charge is 2.22. The second-order valence-electron chi connectivity index (χ2n) is 5.58. The van der Waals surface area contributed by atoms with E-state index < -0.39 is 12.0 Å². The van der Waals surface area contributed by atoms with E-state index in [0.717, 1.165) is 17.3 Å². The second kappa shape index (κ2) is 6.08. The van der Waals surface area contributed by atoms with Gasteiger partial charge in [0.1, 0.15) is 5.82 Å². The average Bonchev–Trinajstić information content (AvgIpc) is 2.92. The molecule has 1 aliphatic rings. The van der Waals surface area contributed by atoms with Gasteiger partial charge in [0.25, 0.3) is 12.0 Å². The number of fused-ring (bicyclic) bond motifs is 1. The molecule has 0 saturated carbocycles. The number of hydrogen-bond acceptors (Lipinski definition) is 4. The normalized spacial score (nSPS) is 14.4. The van der Waals surface area contributed by atoms with Crippen molar-refractivity contribution in [2.75, 3.05) is 0 Å². The standard InChI is InChI=1S/C16H17F2N3O2/c1-2-21-14(19-6-13(22)16(21)23)9-20-7-11-4-3-10(15(17)18)5-12(11)8-20/h3-6,15,22H,2,7-9H2,1H3. The lowest BCUT2D eigenvalue weighted by Gasteiger charge is -2.17. The number of hydrogen-bond donors (Lipinski definition) is 1. The molecule has 122 valence electrons. The molecule has 0 radical (unpaired) electrons. The lowest BCUT2D eigenvalue weighted by molar-refractivity contribution is 0.151. The fraction of sp³-hybridized carbons (Fsp3) is 0.375. The lowest BCUT2D eigenvalue weighted by Crippen LogP contribution is -2.28. The van der Waals surface area contributed by atoms with Gasteiger partial charge in [-0.1, -0.05) is 12.1 Å². The van der Waals surface area contributed by atoms with Gasteiger partial charge >= 0.3 is 0 Å². The van der Waals surface area contributed by atoms with Gasteiger partial charge in [-0.2, -0.15) is 0 Å². The minimum Gasteiger partial charge on any atom is -0.502 e. The van der Waals surface area contributed by atoms with Gasteiger partial charge in [0.2, 0.25) is 0 Å². The highest BCUT2D eigenvalue weighted by molar-refractivity contribution is 5.35. The fourth-order valence-corrected chi connectivity index (χ4v) is 2.90. The van der Waals surface area contributed by atoms with Crippen LogP contribution in [0, 0.1) is 0 Å². The van der Waals surface area contributed by atoms with Crippen molar-refractivity contribution in [2.24, 2.45) is 0 Å². The Bertz CT molecular complexity index is 789. The first-order valence-corrected chi connectivity index (χ1v) is 7.39. The second-order valence-corrected chi connectivity index (χ2v) is 5.58. The third-order valence-corrected chi connectivity index (χ3v) is 4.06. The third kappa shape index (κ3) is 2.96. The van der Waals surface area contributed by atoms with Crippen LogP contribution in [0.25, 0.3) is 0 Å². The molecule has 0 unspecified atom stereocenters. The van der Waals surface area contributed by atoms with Gasteiger partial charge in [-0.25, -0.2) is 13.8 Å². The fourth-order valence-electron chi connectivity index (χ4n) is 2.90. The molecule has 1 aromatic carbocycles. The van der Waals surface area contributed by atoms with E-state index in [-0.39, 0.29) is 11.3 Å². The SMILES string of the molecule is CCn1c(CN2Cc3ccc(C(F)F)cc3C2)ncc(O)c1=O. The van der Waals surface area contributed by atoms with Crippen LogP contribution in [0.5, 0.6) is 5.75 Å². The zero-order valence-electron chi connectivity index (χ0n) is 12.7. The number of halogens is 2. The van der Waals surface area contributed by atoms with Gasteiger partial charge in [-0.15, -0.1) is 0 Å². The van der Waals surface area contributed by atoms with Gasteiger partial charge in [0.05, 0.1) is 12.7 Å². The predicted molar refractivity (Wildman–Crippen MR) is 80.2 cm³/mol. The van der Waals surface area contributed by atoms with E-state index in [1.54, 1.807) is 13.0 Å². The van der Waals surface area contributed by atoms with Gasteiger partial charge in [0, 0.05) is 25.2 Å². The van der Waals surface area contributed by atoms with Crippen LogP contribution in [0.4, 0.5) is 8.78 Å². The summed E-state index contributed by atoms with van der Waals surface area (Å²) in [5.74, 6) is 0.180. The zero-order valence-corrected chi connectivity index (χ0v) is 12.7. The Hall–Kier alpha value is -2.28. The van der Waals surface area contributed by atoms with Crippen molar-refractivity contribution in [2.45, 2.75) is 39.5 Å². The molecule has 0 amide bonds. The largest absolute Gasteiger partial charge is 0.502 e. The van der Waals surface area contributed by atoms with E-state index in [0.29, 0.717) is 32.0 Å². The van der Waals surface area contributed by atoms with E-state index in [1.807, 2.05) is 4.90 Å². The van der Waals surface area contributed by atoms with Crippen molar-refractivity contribution in [3.05, 3.63) is 57.3 Å². The first-order valence-electron chi connectivity index (χ1n) is 7.39. The molecule has 0 saturated heterocycles. The summed E-state index contributed by atoms with van der Waals surface area (Å²) in [7, 11) is 0. The summed E-state index contributed by atoms with van der Waals surface area (Å²) in [5.41, 5.74) is 1.46. The Balaban J connectivity index is 1.81. The predicted octanol–water partition coefficient (Wildman–Crippen LogP) is 2.42. The number of aromatic hydroxyl groups is 1. The summed E-state index contributed by atoms with van der Waals surface area (Å²) in [4.78, 5) is 18.1. The molecule has 0 aliphatic carbocycles. The van der Waals surface area contributed by atoms with E-state index in [2.05, 4.69) is 4.98 Å². The van der Waals surface area contributed by atoms with Gasteiger partial charge in [-0.05, 0) is 24.1 Å². The van der Waals surface area contributed by atoms with Crippen molar-refractivity contribution < 1.29 is 13.9 Å². The topological polar surface area (TPSA) is 58.4 Å². The molecular weight excluding hydrogens is 304 g/mol. The summed E-state index contributed by atoms with van der Waals surface area (Å²) in [6, 6.07) is 4.72. The van der Waals surface area contributed by atoms with Crippen molar-refractivity contribution >= 4 is 0 Å². The smallest absolute Gasteiger partial charge is 0.295 e. The lowest BCUT2D eigenvalue weighted by atomic mass is 10.1. The van der Waals surface area contributed by atoms with E-state index in [1.165, 1.54) is 16.7 Å². The first kappa shape index (κ1) is 15.6. The maximum Gasteiger partial charge on any atom is 0.295 e. The van der Waals surface area contributed by atoms with Crippen LogP contribution < -0.4 is 5.56 Å². The zero-order chi connectivity index (χ0) is 16.6.